The molecule has 0 amide bonds. The van der Waals surface area contributed by atoms with E-state index in [0.29, 0.717) is 17.3 Å². The second kappa shape index (κ2) is 8.09. The summed E-state index contributed by atoms with van der Waals surface area (Å²) in [6.07, 6.45) is 0. The Morgan fingerprint density at radius 1 is 1.00 bits per heavy atom. The van der Waals surface area contributed by atoms with Crippen LogP contribution in [0.4, 0.5) is 0 Å². The van der Waals surface area contributed by atoms with Crippen LogP contribution >= 0.6 is 0 Å². The zero-order chi connectivity index (χ0) is 19.4. The number of benzene rings is 2. The summed E-state index contributed by atoms with van der Waals surface area (Å²) >= 11 is 0. The van der Waals surface area contributed by atoms with Crippen LogP contribution in [0.1, 0.15) is 37.7 Å². The van der Waals surface area contributed by atoms with Gasteiger partial charge in [0.2, 0.25) is 0 Å². The summed E-state index contributed by atoms with van der Waals surface area (Å²) in [5.74, 6) is 2.28. The van der Waals surface area contributed by atoms with Gasteiger partial charge in [-0.2, -0.15) is 0 Å². The summed E-state index contributed by atoms with van der Waals surface area (Å²) in [5, 5.41) is 4.09. The highest BCUT2D eigenvalue weighted by Crippen LogP contribution is 2.24. The van der Waals surface area contributed by atoms with E-state index in [0.717, 1.165) is 22.6 Å². The predicted molar refractivity (Wildman–Crippen MR) is 109 cm³/mol. The molecule has 1 heterocycles. The van der Waals surface area contributed by atoms with Gasteiger partial charge in [-0.15, -0.1) is 0 Å². The average molecular weight is 384 g/mol. The van der Waals surface area contributed by atoms with Crippen molar-refractivity contribution in [3.05, 3.63) is 71.5 Å². The Bertz CT molecular complexity index is 906. The Balaban J connectivity index is 1.62. The van der Waals surface area contributed by atoms with Gasteiger partial charge < -0.3 is 9.26 Å². The average Bonchev–Trinajstić information content (AvgIpc) is 3.09. The number of nitrogens with zero attached hydrogens (tertiary/aromatic N) is 1. The number of rotatable bonds is 6. The molecule has 3 rings (SSSR count). The largest absolute Gasteiger partial charge is 0.497 e. The zero-order valence-corrected chi connectivity index (χ0v) is 17.0. The van der Waals surface area contributed by atoms with E-state index >= 15 is 0 Å². The van der Waals surface area contributed by atoms with Gasteiger partial charge >= 0.3 is 0 Å². The fraction of sp³-hybridized carbons (Fsp3) is 0.318. The first-order valence-electron chi connectivity index (χ1n) is 8.89. The minimum absolute atomic E-state index is 0.120. The molecule has 0 fully saturated rings. The SMILES string of the molecule is COc1ccc(-c2cc(C[S@](=O)Cc3ccc(C(C)(C)C)cc3)on2)cc1. The third-order valence-corrected chi connectivity index (χ3v) is 5.66. The van der Waals surface area contributed by atoms with Gasteiger partial charge in [0, 0.05) is 28.2 Å². The van der Waals surface area contributed by atoms with Gasteiger partial charge in [0.25, 0.3) is 0 Å². The molecule has 1 atom stereocenters. The van der Waals surface area contributed by atoms with Crippen LogP contribution in [0.2, 0.25) is 0 Å². The summed E-state index contributed by atoms with van der Waals surface area (Å²) in [5.41, 5.74) is 4.14. The number of hydrogen-bond acceptors (Lipinski definition) is 4. The standard InChI is InChI=1S/C22H25NO3S/c1-22(2,3)18-9-5-16(6-10-18)14-27(24)15-20-13-21(23-26-20)17-7-11-19(25-4)12-8-17/h5-13H,14-15H2,1-4H3/t27-/m1/s1. The molecule has 0 aliphatic carbocycles. The number of ether oxygens (including phenoxy) is 1. The Labute approximate surface area is 163 Å². The number of aromatic nitrogens is 1. The van der Waals surface area contributed by atoms with Crippen molar-refractivity contribution >= 4 is 10.8 Å². The van der Waals surface area contributed by atoms with Gasteiger partial charge in [0.15, 0.2) is 0 Å². The monoisotopic (exact) mass is 383 g/mol. The second-order valence-corrected chi connectivity index (χ2v) is 9.04. The maximum absolute atomic E-state index is 12.5. The highest BCUT2D eigenvalue weighted by molar-refractivity contribution is 7.83. The first kappa shape index (κ1) is 19.4. The first-order chi connectivity index (χ1) is 12.8. The van der Waals surface area contributed by atoms with E-state index in [-0.39, 0.29) is 5.41 Å². The third-order valence-electron chi connectivity index (χ3n) is 4.40. The van der Waals surface area contributed by atoms with Gasteiger partial charge in [0.1, 0.15) is 17.2 Å². The normalized spacial score (nSPS) is 12.7. The van der Waals surface area contributed by atoms with E-state index in [1.54, 1.807) is 7.11 Å². The first-order valence-corrected chi connectivity index (χ1v) is 10.4. The number of hydrogen-bond donors (Lipinski definition) is 0. The summed E-state index contributed by atoms with van der Waals surface area (Å²) in [7, 11) is 0.582. The lowest BCUT2D eigenvalue weighted by Gasteiger charge is -2.19. The third kappa shape index (κ3) is 5.07. The lowest BCUT2D eigenvalue weighted by atomic mass is 9.87. The topological polar surface area (TPSA) is 52.3 Å². The number of methoxy groups -OCH3 is 1. The molecule has 0 aliphatic rings. The van der Waals surface area contributed by atoms with Gasteiger partial charge in [-0.05, 0) is 40.8 Å². The van der Waals surface area contributed by atoms with Crippen molar-refractivity contribution in [3.8, 4) is 17.0 Å². The van der Waals surface area contributed by atoms with Crippen LogP contribution in [0, 0.1) is 0 Å². The van der Waals surface area contributed by atoms with Gasteiger partial charge in [-0.25, -0.2) is 0 Å². The van der Waals surface area contributed by atoms with E-state index in [1.165, 1.54) is 5.56 Å². The van der Waals surface area contributed by atoms with Gasteiger partial charge in [0.05, 0.1) is 12.9 Å². The smallest absolute Gasteiger partial charge is 0.149 e. The molecule has 2 aromatic carbocycles. The molecule has 0 N–H and O–H groups in total. The highest BCUT2D eigenvalue weighted by Gasteiger charge is 2.14. The summed E-state index contributed by atoms with van der Waals surface area (Å²) in [6, 6.07) is 17.8. The molecule has 27 heavy (non-hydrogen) atoms. The van der Waals surface area contributed by atoms with E-state index in [2.05, 4.69) is 50.2 Å². The van der Waals surface area contributed by atoms with E-state index in [1.807, 2.05) is 30.3 Å². The van der Waals surface area contributed by atoms with Crippen molar-refractivity contribution in [1.29, 1.82) is 0 Å². The van der Waals surface area contributed by atoms with Crippen molar-refractivity contribution < 1.29 is 13.5 Å². The molecule has 0 aliphatic heterocycles. The second-order valence-electron chi connectivity index (χ2n) is 7.58. The molecule has 0 unspecified atom stereocenters. The molecule has 4 nitrogen and oxygen atoms in total. The quantitative estimate of drug-likeness (QED) is 0.594. The summed E-state index contributed by atoms with van der Waals surface area (Å²) in [6.45, 7) is 6.55. The summed E-state index contributed by atoms with van der Waals surface area (Å²) in [4.78, 5) is 0. The van der Waals surface area contributed by atoms with Crippen LogP contribution in [0.25, 0.3) is 11.3 Å². The lowest BCUT2D eigenvalue weighted by molar-refractivity contribution is 0.396. The molecule has 3 aromatic rings. The minimum atomic E-state index is -1.05. The predicted octanol–water partition coefficient (Wildman–Crippen LogP) is 5.10. The molecular formula is C22H25NO3S. The molecule has 0 saturated carbocycles. The van der Waals surface area contributed by atoms with Gasteiger partial charge in [-0.3, -0.25) is 4.21 Å². The van der Waals surface area contributed by atoms with Crippen molar-refractivity contribution in [1.82, 2.24) is 5.16 Å². The van der Waals surface area contributed by atoms with Crippen molar-refractivity contribution in [2.45, 2.75) is 37.7 Å². The molecule has 0 bridgehead atoms. The van der Waals surface area contributed by atoms with Crippen LogP contribution < -0.4 is 4.74 Å². The molecule has 0 spiro atoms. The van der Waals surface area contributed by atoms with Crippen LogP contribution in [0.3, 0.4) is 0 Å². The van der Waals surface area contributed by atoms with Crippen LogP contribution in [0.5, 0.6) is 5.75 Å². The molecule has 5 heteroatoms. The maximum atomic E-state index is 12.5. The fourth-order valence-corrected chi connectivity index (χ4v) is 3.90. The van der Waals surface area contributed by atoms with Crippen molar-refractivity contribution in [2.75, 3.05) is 7.11 Å². The fourth-order valence-electron chi connectivity index (χ4n) is 2.78. The van der Waals surface area contributed by atoms with E-state index in [4.69, 9.17) is 9.26 Å². The Morgan fingerprint density at radius 2 is 1.67 bits per heavy atom. The Morgan fingerprint density at radius 3 is 2.26 bits per heavy atom. The molecule has 142 valence electrons. The molecule has 0 radical (unpaired) electrons. The highest BCUT2D eigenvalue weighted by atomic mass is 32.2. The van der Waals surface area contributed by atoms with Gasteiger partial charge in [-0.1, -0.05) is 50.2 Å². The summed E-state index contributed by atoms with van der Waals surface area (Å²) < 4.78 is 23.0. The lowest BCUT2D eigenvalue weighted by Crippen LogP contribution is -2.10. The molecule has 0 saturated heterocycles. The zero-order valence-electron chi connectivity index (χ0n) is 16.2. The van der Waals surface area contributed by atoms with Crippen molar-refractivity contribution in [3.63, 3.8) is 0 Å². The van der Waals surface area contributed by atoms with E-state index < -0.39 is 10.8 Å². The minimum Gasteiger partial charge on any atom is -0.497 e. The Hall–Kier alpha value is -2.40. The van der Waals surface area contributed by atoms with Crippen molar-refractivity contribution in [2.24, 2.45) is 0 Å². The van der Waals surface area contributed by atoms with Crippen LogP contribution in [-0.2, 0) is 27.7 Å². The van der Waals surface area contributed by atoms with E-state index in [9.17, 15) is 4.21 Å². The van der Waals surface area contributed by atoms with Crippen LogP contribution in [-0.4, -0.2) is 16.5 Å². The molecular weight excluding hydrogens is 358 g/mol. The Kier molecular flexibility index (Phi) is 5.80. The maximum Gasteiger partial charge on any atom is 0.149 e. The van der Waals surface area contributed by atoms with Crippen LogP contribution in [0.15, 0.2) is 59.1 Å². The molecule has 1 aromatic heterocycles.